The van der Waals surface area contributed by atoms with E-state index < -0.39 is 34.7 Å². The minimum atomic E-state index is -1.94. The highest BCUT2D eigenvalue weighted by atomic mass is 16.6. The lowest BCUT2D eigenvalue weighted by Gasteiger charge is -2.33. The number of esters is 1. The molecule has 3 atom stereocenters. The maximum atomic E-state index is 13.0. The number of carbonyl (C=O) groups excluding carboxylic acids is 3. The summed E-state index contributed by atoms with van der Waals surface area (Å²) in [5.74, 6) is -1.37. The Morgan fingerprint density at radius 3 is 2.21 bits per heavy atom. The molecule has 0 aromatic carbocycles. The first-order valence-electron chi connectivity index (χ1n) is 8.32. The zero-order chi connectivity index (χ0) is 18.8. The number of nitrogens with one attached hydrogen (secondary N) is 1. The Morgan fingerprint density at radius 2 is 1.75 bits per heavy atom. The van der Waals surface area contributed by atoms with Gasteiger partial charge in [-0.3, -0.25) is 9.69 Å². The lowest BCUT2D eigenvalue weighted by atomic mass is 9.98. The fraction of sp³-hybridized carbons (Fsp3) is 0.824. The van der Waals surface area contributed by atoms with E-state index in [0.717, 1.165) is 12.7 Å². The first-order valence-corrected chi connectivity index (χ1v) is 8.32. The second-order valence-corrected chi connectivity index (χ2v) is 8.36. The van der Waals surface area contributed by atoms with Gasteiger partial charge in [-0.1, -0.05) is 0 Å². The van der Waals surface area contributed by atoms with E-state index in [0.29, 0.717) is 17.9 Å². The predicted molar refractivity (Wildman–Crippen MR) is 88.4 cm³/mol. The Hall–Kier alpha value is -1.31. The van der Waals surface area contributed by atoms with Crippen LogP contribution in [0.25, 0.3) is 0 Å². The zero-order valence-corrected chi connectivity index (χ0v) is 15.6. The SMILES string of the molecule is CC(C)(C)OC[C@@](N)(C(=O)OC(C)(C)C)C(=O)[NH+]1CCC[C@H]1C=O. The van der Waals surface area contributed by atoms with E-state index >= 15 is 0 Å². The van der Waals surface area contributed by atoms with Gasteiger partial charge in [-0.2, -0.15) is 0 Å². The molecule has 1 aliphatic heterocycles. The number of rotatable bonds is 5. The molecule has 1 unspecified atom stereocenters. The zero-order valence-electron chi connectivity index (χ0n) is 15.6. The summed E-state index contributed by atoms with van der Waals surface area (Å²) in [4.78, 5) is 37.2. The summed E-state index contributed by atoms with van der Waals surface area (Å²) in [6, 6.07) is -0.475. The van der Waals surface area contributed by atoms with Gasteiger partial charge in [-0.15, -0.1) is 0 Å². The Kier molecular flexibility index (Phi) is 6.30. The van der Waals surface area contributed by atoms with E-state index in [1.165, 1.54) is 0 Å². The van der Waals surface area contributed by atoms with Crippen LogP contribution in [0.15, 0.2) is 0 Å². The van der Waals surface area contributed by atoms with Crippen LogP contribution in [0.5, 0.6) is 0 Å². The van der Waals surface area contributed by atoms with E-state index in [9.17, 15) is 14.4 Å². The predicted octanol–water partition coefficient (Wildman–Crippen LogP) is -0.386. The molecule has 1 saturated heterocycles. The highest BCUT2D eigenvalue weighted by Gasteiger charge is 2.54. The second kappa shape index (κ2) is 7.29. The molecule has 0 spiro atoms. The second-order valence-electron chi connectivity index (χ2n) is 8.36. The highest BCUT2D eigenvalue weighted by molar-refractivity contribution is 6.04. The van der Waals surface area contributed by atoms with Crippen molar-refractivity contribution >= 4 is 18.2 Å². The van der Waals surface area contributed by atoms with Crippen LogP contribution in [0.3, 0.4) is 0 Å². The van der Waals surface area contributed by atoms with Crippen molar-refractivity contribution in [2.24, 2.45) is 5.73 Å². The molecule has 0 radical (unpaired) electrons. The average Bonchev–Trinajstić information content (AvgIpc) is 2.89. The van der Waals surface area contributed by atoms with Crippen LogP contribution in [-0.4, -0.2) is 54.1 Å². The summed E-state index contributed by atoms with van der Waals surface area (Å²) in [7, 11) is 0. The van der Waals surface area contributed by atoms with Crippen LogP contribution in [-0.2, 0) is 23.9 Å². The number of ether oxygens (including phenoxy) is 2. The standard InChI is InChI=1S/C17H30N2O5/c1-15(2,3)23-11-17(18,14(22)24-16(4,5)6)13(21)19-9-7-8-12(19)10-20/h10,12H,7-9,11,18H2,1-6H3/p+1/t12-,17-/m0/s1. The summed E-state index contributed by atoms with van der Waals surface area (Å²) < 4.78 is 11.0. The van der Waals surface area contributed by atoms with Crippen molar-refractivity contribution in [2.45, 2.75) is 77.2 Å². The Balaban J connectivity index is 3.09. The van der Waals surface area contributed by atoms with Crippen LogP contribution in [0.1, 0.15) is 54.4 Å². The minimum Gasteiger partial charge on any atom is -0.458 e. The first kappa shape index (κ1) is 20.7. The smallest absolute Gasteiger partial charge is 0.346 e. The molecule has 1 aliphatic rings. The number of quaternary nitrogens is 1. The molecular formula is C17H31N2O5+. The monoisotopic (exact) mass is 343 g/mol. The first-order chi connectivity index (χ1) is 10.8. The van der Waals surface area contributed by atoms with Crippen molar-refractivity contribution in [1.82, 2.24) is 0 Å². The third-order valence-corrected chi connectivity index (χ3v) is 3.77. The molecule has 0 aliphatic carbocycles. The average molecular weight is 343 g/mol. The molecule has 0 saturated carbocycles. The minimum absolute atomic E-state index is 0.292. The van der Waals surface area contributed by atoms with E-state index in [1.807, 2.05) is 20.8 Å². The van der Waals surface area contributed by atoms with Crippen molar-refractivity contribution in [1.29, 1.82) is 0 Å². The van der Waals surface area contributed by atoms with Crippen molar-refractivity contribution < 1.29 is 28.8 Å². The topological polar surface area (TPSA) is 100 Å². The van der Waals surface area contributed by atoms with Crippen molar-refractivity contribution in [3.05, 3.63) is 0 Å². The van der Waals surface area contributed by atoms with Gasteiger partial charge in [0.05, 0.1) is 18.8 Å². The summed E-state index contributed by atoms with van der Waals surface area (Å²) in [5.41, 5.74) is 2.91. The van der Waals surface area contributed by atoms with E-state index in [-0.39, 0.29) is 6.61 Å². The highest BCUT2D eigenvalue weighted by Crippen LogP contribution is 2.17. The van der Waals surface area contributed by atoms with Gasteiger partial charge in [0.1, 0.15) is 5.60 Å². The van der Waals surface area contributed by atoms with Crippen LogP contribution in [0, 0.1) is 0 Å². The van der Waals surface area contributed by atoms with Gasteiger partial charge < -0.3 is 15.2 Å². The van der Waals surface area contributed by atoms with Gasteiger partial charge in [0.25, 0.3) is 5.54 Å². The van der Waals surface area contributed by atoms with E-state index in [4.69, 9.17) is 15.2 Å². The number of nitrogens with two attached hydrogens (primary N) is 1. The van der Waals surface area contributed by atoms with Gasteiger partial charge in [0.15, 0.2) is 12.3 Å². The molecule has 0 bridgehead atoms. The van der Waals surface area contributed by atoms with E-state index in [2.05, 4.69) is 0 Å². The third-order valence-electron chi connectivity index (χ3n) is 3.77. The lowest BCUT2D eigenvalue weighted by Crippen LogP contribution is -3.19. The van der Waals surface area contributed by atoms with Gasteiger partial charge in [0.2, 0.25) is 0 Å². The fourth-order valence-corrected chi connectivity index (χ4v) is 2.51. The van der Waals surface area contributed by atoms with Crippen molar-refractivity contribution in [3.8, 4) is 0 Å². The molecule has 0 aromatic rings. The number of hydrogen-bond donors (Lipinski definition) is 2. The fourth-order valence-electron chi connectivity index (χ4n) is 2.51. The molecule has 7 heteroatoms. The van der Waals surface area contributed by atoms with Crippen LogP contribution < -0.4 is 10.6 Å². The number of aldehydes is 1. The summed E-state index contributed by atoms with van der Waals surface area (Å²) in [6.07, 6.45) is 2.09. The Morgan fingerprint density at radius 1 is 1.17 bits per heavy atom. The third kappa shape index (κ3) is 5.36. The molecule has 1 amide bonds. The largest absolute Gasteiger partial charge is 0.458 e. The maximum absolute atomic E-state index is 13.0. The summed E-state index contributed by atoms with van der Waals surface area (Å²) >= 11 is 0. The molecule has 138 valence electrons. The maximum Gasteiger partial charge on any atom is 0.346 e. The molecule has 1 heterocycles. The molecule has 1 fully saturated rings. The van der Waals surface area contributed by atoms with Gasteiger partial charge in [-0.05, 0) is 41.5 Å². The van der Waals surface area contributed by atoms with Crippen LogP contribution in [0.2, 0.25) is 0 Å². The lowest BCUT2D eigenvalue weighted by molar-refractivity contribution is -0.824. The molecule has 0 aromatic heterocycles. The Labute approximate surface area is 143 Å². The number of amides is 1. The van der Waals surface area contributed by atoms with Crippen LogP contribution >= 0.6 is 0 Å². The molecule has 7 nitrogen and oxygen atoms in total. The Bertz CT molecular complexity index is 492. The molecule has 24 heavy (non-hydrogen) atoms. The van der Waals surface area contributed by atoms with Crippen molar-refractivity contribution in [2.75, 3.05) is 13.2 Å². The number of hydrogen-bond acceptors (Lipinski definition) is 6. The van der Waals surface area contributed by atoms with Gasteiger partial charge >= 0.3 is 11.9 Å². The van der Waals surface area contributed by atoms with Gasteiger partial charge in [0, 0.05) is 12.8 Å². The molecular weight excluding hydrogens is 312 g/mol. The van der Waals surface area contributed by atoms with Gasteiger partial charge in [-0.25, -0.2) is 9.59 Å². The molecule has 1 rings (SSSR count). The van der Waals surface area contributed by atoms with Crippen LogP contribution in [0.4, 0.5) is 0 Å². The van der Waals surface area contributed by atoms with E-state index in [1.54, 1.807) is 20.8 Å². The molecule has 3 N–H and O–H groups in total. The quantitative estimate of drug-likeness (QED) is 0.401. The number of likely N-dealkylation sites (tertiary alicyclic amines) is 1. The normalized spacial score (nSPS) is 24.3. The number of carbonyl (C=O) groups is 3. The summed E-state index contributed by atoms with van der Waals surface area (Å²) in [5, 5.41) is 0. The summed E-state index contributed by atoms with van der Waals surface area (Å²) in [6.45, 7) is 10.7. The van der Waals surface area contributed by atoms with Crippen molar-refractivity contribution in [3.63, 3.8) is 0 Å².